The van der Waals surface area contributed by atoms with Gasteiger partial charge in [0, 0.05) is 31.0 Å². The van der Waals surface area contributed by atoms with E-state index in [0.29, 0.717) is 18.7 Å². The molecule has 5 nitrogen and oxygen atoms in total. The first-order chi connectivity index (χ1) is 11.5. The van der Waals surface area contributed by atoms with Gasteiger partial charge in [-0.25, -0.2) is 0 Å². The molecular formula is C19H27NO4. The average Bonchev–Trinajstić information content (AvgIpc) is 2.59. The lowest BCUT2D eigenvalue weighted by Crippen LogP contribution is -2.55. The maximum atomic E-state index is 12.3. The smallest absolute Gasteiger partial charge is 0.219 e. The monoisotopic (exact) mass is 333 g/mol. The molecule has 1 heterocycles. The Bertz CT molecular complexity index is 617. The summed E-state index contributed by atoms with van der Waals surface area (Å²) in [6, 6.07) is 5.57. The minimum Gasteiger partial charge on any atom is -0.497 e. The fraction of sp³-hybridized carbons (Fsp3) is 0.632. The standard InChI is InChI=1S/C19H27NO4/c1-13(21)20-11-10-19(22)9-5-4-6-16(19)18(20)15-8-7-14(23-2)12-17(15)24-3/h7-8,12,16,18,22H,4-6,9-11H2,1-3H3/t16-,18+,19+/m1/s1. The number of benzene rings is 1. The quantitative estimate of drug-likeness (QED) is 0.924. The van der Waals surface area contributed by atoms with Gasteiger partial charge < -0.3 is 19.5 Å². The van der Waals surface area contributed by atoms with Gasteiger partial charge in [0.25, 0.3) is 0 Å². The van der Waals surface area contributed by atoms with Gasteiger partial charge in [-0.05, 0) is 31.4 Å². The van der Waals surface area contributed by atoms with Gasteiger partial charge in [0.2, 0.25) is 5.91 Å². The van der Waals surface area contributed by atoms with E-state index in [1.54, 1.807) is 21.1 Å². The molecule has 132 valence electrons. The largest absolute Gasteiger partial charge is 0.497 e. The first-order valence-electron chi connectivity index (χ1n) is 8.71. The van der Waals surface area contributed by atoms with E-state index < -0.39 is 5.60 Å². The van der Waals surface area contributed by atoms with E-state index >= 15 is 0 Å². The van der Waals surface area contributed by atoms with Crippen molar-refractivity contribution in [3.63, 3.8) is 0 Å². The minimum absolute atomic E-state index is 0.0468. The maximum absolute atomic E-state index is 12.3. The summed E-state index contributed by atoms with van der Waals surface area (Å²) >= 11 is 0. The third-order valence-corrected chi connectivity index (χ3v) is 5.73. The maximum Gasteiger partial charge on any atom is 0.219 e. The lowest BCUT2D eigenvalue weighted by molar-refractivity contribution is -0.153. The van der Waals surface area contributed by atoms with Crippen LogP contribution in [0.5, 0.6) is 11.5 Å². The van der Waals surface area contributed by atoms with Crippen molar-refractivity contribution in [2.24, 2.45) is 5.92 Å². The van der Waals surface area contributed by atoms with Gasteiger partial charge in [-0.15, -0.1) is 0 Å². The summed E-state index contributed by atoms with van der Waals surface area (Å²) in [5, 5.41) is 11.2. The van der Waals surface area contributed by atoms with Crippen LogP contribution in [-0.4, -0.2) is 42.3 Å². The number of ether oxygens (including phenoxy) is 2. The molecule has 0 unspecified atom stereocenters. The second kappa shape index (κ2) is 6.63. The van der Waals surface area contributed by atoms with Crippen LogP contribution in [0.1, 0.15) is 50.6 Å². The molecule has 1 N–H and O–H groups in total. The molecule has 5 heteroatoms. The van der Waals surface area contributed by atoms with Crippen LogP contribution in [0.25, 0.3) is 0 Å². The topological polar surface area (TPSA) is 59.0 Å². The van der Waals surface area contributed by atoms with Gasteiger partial charge in [0.1, 0.15) is 11.5 Å². The van der Waals surface area contributed by atoms with Crippen molar-refractivity contribution in [3.05, 3.63) is 23.8 Å². The van der Waals surface area contributed by atoms with Crippen LogP contribution in [0.3, 0.4) is 0 Å². The third kappa shape index (κ3) is 2.86. The molecule has 1 aromatic carbocycles. The van der Waals surface area contributed by atoms with Crippen molar-refractivity contribution in [3.8, 4) is 11.5 Å². The SMILES string of the molecule is COc1ccc([C@H]2[C@H]3CCCC[C@]3(O)CCN2C(C)=O)c(OC)c1. The lowest BCUT2D eigenvalue weighted by Gasteiger charge is -2.52. The molecule has 3 atom stereocenters. The number of fused-ring (bicyclic) bond motifs is 1. The molecule has 3 rings (SSSR count). The van der Waals surface area contributed by atoms with Crippen molar-refractivity contribution >= 4 is 5.91 Å². The summed E-state index contributed by atoms with van der Waals surface area (Å²) < 4.78 is 10.9. The van der Waals surface area contributed by atoms with Gasteiger partial charge in [0.15, 0.2) is 0 Å². The van der Waals surface area contributed by atoms with Gasteiger partial charge >= 0.3 is 0 Å². The Morgan fingerprint density at radius 1 is 1.25 bits per heavy atom. The van der Waals surface area contributed by atoms with E-state index in [1.165, 1.54) is 0 Å². The number of hydrogen-bond acceptors (Lipinski definition) is 4. The Balaban J connectivity index is 2.07. The number of carbonyl (C=O) groups excluding carboxylic acids is 1. The number of amides is 1. The zero-order valence-electron chi connectivity index (χ0n) is 14.7. The van der Waals surface area contributed by atoms with Crippen LogP contribution in [0.4, 0.5) is 0 Å². The second-order valence-electron chi connectivity index (χ2n) is 6.97. The van der Waals surface area contributed by atoms with Crippen LogP contribution in [0.15, 0.2) is 18.2 Å². The molecule has 1 aliphatic heterocycles. The molecule has 0 bridgehead atoms. The zero-order valence-corrected chi connectivity index (χ0v) is 14.7. The summed E-state index contributed by atoms with van der Waals surface area (Å²) in [4.78, 5) is 14.2. The summed E-state index contributed by atoms with van der Waals surface area (Å²) in [6.45, 7) is 2.19. The van der Waals surface area contributed by atoms with Gasteiger partial charge in [-0.3, -0.25) is 4.79 Å². The van der Waals surface area contributed by atoms with Gasteiger partial charge in [0.05, 0.1) is 25.9 Å². The van der Waals surface area contributed by atoms with Crippen molar-refractivity contribution in [1.82, 2.24) is 4.90 Å². The molecule has 1 aliphatic carbocycles. The summed E-state index contributed by atoms with van der Waals surface area (Å²) in [6.07, 6.45) is 4.55. The first-order valence-corrected chi connectivity index (χ1v) is 8.71. The highest BCUT2D eigenvalue weighted by molar-refractivity contribution is 5.74. The molecule has 24 heavy (non-hydrogen) atoms. The van der Waals surface area contributed by atoms with Crippen LogP contribution >= 0.6 is 0 Å². The molecule has 1 amide bonds. The zero-order chi connectivity index (χ0) is 17.3. The molecule has 1 aromatic rings. The average molecular weight is 333 g/mol. The Labute approximate surface area is 143 Å². The third-order valence-electron chi connectivity index (χ3n) is 5.73. The van der Waals surface area contributed by atoms with Gasteiger partial charge in [-0.2, -0.15) is 0 Å². The Hall–Kier alpha value is -1.75. The van der Waals surface area contributed by atoms with Gasteiger partial charge in [-0.1, -0.05) is 12.8 Å². The highest BCUT2D eigenvalue weighted by Crippen LogP contribution is 2.51. The number of nitrogens with zero attached hydrogens (tertiary/aromatic N) is 1. The summed E-state index contributed by atoms with van der Waals surface area (Å²) in [5.41, 5.74) is 0.276. The van der Waals surface area contributed by atoms with Crippen LogP contribution in [-0.2, 0) is 4.79 Å². The molecule has 0 aromatic heterocycles. The number of carbonyl (C=O) groups is 1. The predicted octanol–water partition coefficient (Wildman–Crippen LogP) is 2.92. The van der Waals surface area contributed by atoms with Crippen LogP contribution < -0.4 is 9.47 Å². The predicted molar refractivity (Wildman–Crippen MR) is 91.2 cm³/mol. The Morgan fingerprint density at radius 3 is 2.71 bits per heavy atom. The number of likely N-dealkylation sites (tertiary alicyclic amines) is 1. The number of methoxy groups -OCH3 is 2. The number of hydrogen-bond donors (Lipinski definition) is 1. The molecule has 2 fully saturated rings. The number of rotatable bonds is 3. The highest BCUT2D eigenvalue weighted by Gasteiger charge is 2.50. The number of piperidine rings is 1. The first kappa shape index (κ1) is 17.1. The van der Waals surface area contributed by atoms with E-state index in [-0.39, 0.29) is 17.9 Å². The fourth-order valence-corrected chi connectivity index (χ4v) is 4.48. The van der Waals surface area contributed by atoms with E-state index in [0.717, 1.165) is 37.0 Å². The molecular weight excluding hydrogens is 306 g/mol. The highest BCUT2D eigenvalue weighted by atomic mass is 16.5. The van der Waals surface area contributed by atoms with E-state index in [9.17, 15) is 9.90 Å². The van der Waals surface area contributed by atoms with Crippen molar-refractivity contribution in [2.75, 3.05) is 20.8 Å². The normalized spacial score (nSPS) is 29.8. The number of aliphatic hydroxyl groups is 1. The van der Waals surface area contributed by atoms with E-state index in [1.807, 2.05) is 23.1 Å². The van der Waals surface area contributed by atoms with Crippen molar-refractivity contribution in [1.29, 1.82) is 0 Å². The minimum atomic E-state index is -0.681. The lowest BCUT2D eigenvalue weighted by atomic mass is 9.66. The second-order valence-corrected chi connectivity index (χ2v) is 6.97. The fourth-order valence-electron chi connectivity index (χ4n) is 4.48. The van der Waals surface area contributed by atoms with Crippen LogP contribution in [0.2, 0.25) is 0 Å². The Kier molecular flexibility index (Phi) is 4.72. The molecule has 0 radical (unpaired) electrons. The van der Waals surface area contributed by atoms with E-state index in [2.05, 4.69) is 0 Å². The molecule has 0 spiro atoms. The Morgan fingerprint density at radius 2 is 2.04 bits per heavy atom. The molecule has 1 saturated carbocycles. The summed E-state index contributed by atoms with van der Waals surface area (Å²) in [5.74, 6) is 1.52. The van der Waals surface area contributed by atoms with Crippen molar-refractivity contribution < 1.29 is 19.4 Å². The molecule has 2 aliphatic rings. The van der Waals surface area contributed by atoms with Crippen molar-refractivity contribution in [2.45, 2.75) is 50.7 Å². The molecule has 1 saturated heterocycles. The van der Waals surface area contributed by atoms with Crippen LogP contribution in [0, 0.1) is 5.92 Å². The summed E-state index contributed by atoms with van der Waals surface area (Å²) in [7, 11) is 3.25. The van der Waals surface area contributed by atoms with E-state index in [4.69, 9.17) is 9.47 Å².